The average Bonchev–Trinajstić information content (AvgIpc) is 2.97. The van der Waals surface area contributed by atoms with Crippen LogP contribution in [0.15, 0.2) is 10.8 Å². The Morgan fingerprint density at radius 2 is 1.71 bits per heavy atom. The Balaban J connectivity index is 2.15. The molecule has 0 aliphatic carbocycles. The summed E-state index contributed by atoms with van der Waals surface area (Å²) in [4.78, 5) is 39.2. The Morgan fingerprint density at radius 1 is 1.13 bits per heavy atom. The van der Waals surface area contributed by atoms with Crippen LogP contribution in [0.2, 0.25) is 10.0 Å². The first-order valence-electron chi connectivity index (χ1n) is 8.85. The van der Waals surface area contributed by atoms with Crippen molar-refractivity contribution in [1.29, 1.82) is 0 Å². The molecule has 1 saturated heterocycles. The topological polar surface area (TPSA) is 106 Å². The van der Waals surface area contributed by atoms with Gasteiger partial charge in [-0.15, -0.1) is 0 Å². The highest BCUT2D eigenvalue weighted by molar-refractivity contribution is 9.10. The van der Waals surface area contributed by atoms with Crippen LogP contribution in [0.25, 0.3) is 11.0 Å². The largest absolute Gasteiger partial charge is 0.456 e. The molecule has 3 rings (SSSR count). The van der Waals surface area contributed by atoms with Crippen molar-refractivity contribution in [1.82, 2.24) is 9.55 Å². The van der Waals surface area contributed by atoms with E-state index >= 15 is 0 Å². The Morgan fingerprint density at radius 3 is 2.29 bits per heavy atom. The van der Waals surface area contributed by atoms with E-state index in [1.54, 1.807) is 0 Å². The standard InChI is InChI=1S/C18H16BrCl2FN2O7/c1-6(25)29-11-5-28-17(16(31-8(3)27)15(11)30-7(2)26)24-10-4-9(20)12(21)13(22)14(10)23-18(24)19/h4,11,15-17H,5H2,1-3H3/t11-,15-,16-,17-/m1/s1. The molecule has 2 heterocycles. The van der Waals surface area contributed by atoms with Crippen LogP contribution in [-0.4, -0.2) is 52.4 Å². The number of nitrogens with zero attached hydrogens (tertiary/aromatic N) is 2. The van der Waals surface area contributed by atoms with E-state index in [2.05, 4.69) is 20.9 Å². The van der Waals surface area contributed by atoms with Crippen LogP contribution < -0.4 is 0 Å². The van der Waals surface area contributed by atoms with Gasteiger partial charge >= 0.3 is 17.9 Å². The number of hydrogen-bond acceptors (Lipinski definition) is 8. The first-order valence-corrected chi connectivity index (χ1v) is 10.4. The lowest BCUT2D eigenvalue weighted by Crippen LogP contribution is -2.55. The van der Waals surface area contributed by atoms with Crippen molar-refractivity contribution in [2.24, 2.45) is 0 Å². The molecule has 4 atom stereocenters. The third-order valence-electron chi connectivity index (χ3n) is 4.36. The molecule has 0 amide bonds. The van der Waals surface area contributed by atoms with E-state index in [0.29, 0.717) is 0 Å². The number of esters is 3. The number of aromatic nitrogens is 2. The van der Waals surface area contributed by atoms with Crippen molar-refractivity contribution >= 4 is 68.1 Å². The fourth-order valence-corrected chi connectivity index (χ4v) is 4.20. The predicted octanol–water partition coefficient (Wildman–Crippen LogP) is 3.57. The maximum Gasteiger partial charge on any atom is 0.303 e. The summed E-state index contributed by atoms with van der Waals surface area (Å²) in [6.45, 7) is 3.26. The molecule has 0 spiro atoms. The Labute approximate surface area is 193 Å². The molecule has 13 heteroatoms. The van der Waals surface area contributed by atoms with Crippen LogP contribution in [0.1, 0.15) is 27.0 Å². The summed E-state index contributed by atoms with van der Waals surface area (Å²) in [5.41, 5.74) is 0.0611. The molecule has 1 aliphatic rings. The molecule has 0 N–H and O–H groups in total. The quantitative estimate of drug-likeness (QED) is 0.328. The summed E-state index contributed by atoms with van der Waals surface area (Å²) in [7, 11) is 0. The Bertz CT molecular complexity index is 1060. The number of fused-ring (bicyclic) bond motifs is 1. The number of rotatable bonds is 4. The summed E-state index contributed by atoms with van der Waals surface area (Å²) in [5.74, 6) is -2.91. The predicted molar refractivity (Wildman–Crippen MR) is 109 cm³/mol. The van der Waals surface area contributed by atoms with Gasteiger partial charge in [-0.25, -0.2) is 9.37 Å². The molecule has 1 aliphatic heterocycles. The monoisotopic (exact) mass is 540 g/mol. The van der Waals surface area contributed by atoms with Gasteiger partial charge in [-0.2, -0.15) is 0 Å². The van der Waals surface area contributed by atoms with Crippen molar-refractivity contribution in [3.63, 3.8) is 0 Å². The van der Waals surface area contributed by atoms with Gasteiger partial charge in [0.15, 0.2) is 35.1 Å². The molecule has 0 radical (unpaired) electrons. The third-order valence-corrected chi connectivity index (χ3v) is 5.68. The van der Waals surface area contributed by atoms with Gasteiger partial charge < -0.3 is 18.9 Å². The van der Waals surface area contributed by atoms with Gasteiger partial charge in [0.25, 0.3) is 0 Å². The molecule has 2 aromatic rings. The van der Waals surface area contributed by atoms with E-state index in [-0.39, 0.29) is 32.4 Å². The lowest BCUT2D eigenvalue weighted by atomic mass is 10.0. The Hall–Kier alpha value is -1.95. The molecule has 31 heavy (non-hydrogen) atoms. The second-order valence-electron chi connectivity index (χ2n) is 6.62. The van der Waals surface area contributed by atoms with Crippen molar-refractivity contribution in [2.45, 2.75) is 45.3 Å². The van der Waals surface area contributed by atoms with Gasteiger partial charge in [-0.1, -0.05) is 23.2 Å². The summed E-state index contributed by atoms with van der Waals surface area (Å²) in [5, 5.41) is -0.380. The molecule has 0 saturated carbocycles. The summed E-state index contributed by atoms with van der Waals surface area (Å²) >= 11 is 15.1. The van der Waals surface area contributed by atoms with Gasteiger partial charge in [-0.05, 0) is 22.0 Å². The van der Waals surface area contributed by atoms with Gasteiger partial charge in [0.05, 0.1) is 22.2 Å². The molecule has 9 nitrogen and oxygen atoms in total. The molecule has 1 aromatic carbocycles. The van der Waals surface area contributed by atoms with Gasteiger partial charge in [0.2, 0.25) is 0 Å². The molecule has 1 aromatic heterocycles. The van der Waals surface area contributed by atoms with Crippen LogP contribution in [-0.2, 0) is 33.3 Å². The minimum atomic E-state index is -1.27. The second-order valence-corrected chi connectivity index (χ2v) is 8.12. The van der Waals surface area contributed by atoms with Crippen LogP contribution in [0, 0.1) is 5.82 Å². The average molecular weight is 542 g/mol. The SMILES string of the molecule is CC(=O)O[C@@H]1[C@H](OC(C)=O)[C@H](OC(C)=O)CO[C@H]1n1c(Br)nc2c(F)c(Cl)c(Cl)cc21. The number of hydrogen-bond donors (Lipinski definition) is 0. The zero-order chi connectivity index (χ0) is 23.0. The fraction of sp³-hybridized carbons (Fsp3) is 0.444. The van der Waals surface area contributed by atoms with E-state index in [4.69, 9.17) is 42.1 Å². The maximum atomic E-state index is 14.6. The first-order chi connectivity index (χ1) is 14.5. The number of halogens is 4. The van der Waals surface area contributed by atoms with Crippen LogP contribution in [0.4, 0.5) is 4.39 Å². The lowest BCUT2D eigenvalue weighted by Gasteiger charge is -2.41. The molecule has 0 bridgehead atoms. The molecule has 168 valence electrons. The van der Waals surface area contributed by atoms with E-state index in [0.717, 1.165) is 13.8 Å². The molecule has 0 unspecified atom stereocenters. The minimum Gasteiger partial charge on any atom is -0.456 e. The van der Waals surface area contributed by atoms with Crippen molar-refractivity contribution in [2.75, 3.05) is 6.61 Å². The number of ether oxygens (including phenoxy) is 4. The van der Waals surface area contributed by atoms with Gasteiger partial charge in [-0.3, -0.25) is 19.0 Å². The first kappa shape index (κ1) is 23.7. The molecular weight excluding hydrogens is 526 g/mol. The summed E-state index contributed by atoms with van der Waals surface area (Å²) < 4.78 is 37.8. The lowest BCUT2D eigenvalue weighted by molar-refractivity contribution is -0.239. The minimum absolute atomic E-state index is 0.0745. The summed E-state index contributed by atoms with van der Waals surface area (Å²) in [6, 6.07) is 1.37. The highest BCUT2D eigenvalue weighted by Gasteiger charge is 2.48. The van der Waals surface area contributed by atoms with Crippen molar-refractivity contribution in [3.05, 3.63) is 26.7 Å². The van der Waals surface area contributed by atoms with E-state index in [1.165, 1.54) is 17.6 Å². The van der Waals surface area contributed by atoms with Gasteiger partial charge in [0, 0.05) is 20.8 Å². The zero-order valence-corrected chi connectivity index (χ0v) is 19.5. The van der Waals surface area contributed by atoms with Crippen molar-refractivity contribution in [3.8, 4) is 0 Å². The summed E-state index contributed by atoms with van der Waals surface area (Å²) in [6.07, 6.45) is -4.67. The maximum absolute atomic E-state index is 14.6. The van der Waals surface area contributed by atoms with E-state index in [1.807, 2.05) is 0 Å². The van der Waals surface area contributed by atoms with Crippen LogP contribution >= 0.6 is 39.1 Å². The molecular formula is C18H16BrCl2FN2O7. The molecule has 1 fully saturated rings. The normalized spacial score (nSPS) is 23.5. The number of carbonyl (C=O) groups excluding carboxylic acids is 3. The van der Waals surface area contributed by atoms with E-state index < -0.39 is 48.3 Å². The van der Waals surface area contributed by atoms with Crippen molar-refractivity contribution < 1.29 is 37.7 Å². The van der Waals surface area contributed by atoms with Crippen LogP contribution in [0.5, 0.6) is 0 Å². The van der Waals surface area contributed by atoms with E-state index in [9.17, 15) is 18.8 Å². The van der Waals surface area contributed by atoms with Crippen LogP contribution in [0.3, 0.4) is 0 Å². The van der Waals surface area contributed by atoms with Gasteiger partial charge in [0.1, 0.15) is 5.52 Å². The fourth-order valence-electron chi connectivity index (χ4n) is 3.29. The Kier molecular flexibility index (Phi) is 7.09. The highest BCUT2D eigenvalue weighted by Crippen LogP contribution is 2.39. The second kappa shape index (κ2) is 9.27. The number of benzene rings is 1. The number of imidazole rings is 1. The third kappa shape index (κ3) is 4.79. The number of carbonyl (C=O) groups is 3. The zero-order valence-electron chi connectivity index (χ0n) is 16.4. The highest BCUT2D eigenvalue weighted by atomic mass is 79.9. The smallest absolute Gasteiger partial charge is 0.303 e.